The molecule has 34 heavy (non-hydrogen) atoms. The largest absolute Gasteiger partial charge is 0.368 e. The number of carbonyl (C=O) groups excluding carboxylic acids is 1. The van der Waals surface area contributed by atoms with Gasteiger partial charge < -0.3 is 15.5 Å². The second-order valence-electron chi connectivity index (χ2n) is 7.27. The number of piperazine rings is 1. The Morgan fingerprint density at radius 2 is 1.53 bits per heavy atom. The minimum Gasteiger partial charge on any atom is -0.368 e. The van der Waals surface area contributed by atoms with Crippen molar-refractivity contribution in [3.05, 3.63) is 83.0 Å². The first kappa shape index (κ1) is 25.3. The Kier molecular flexibility index (Phi) is 8.02. The average molecular weight is 511 g/mol. The van der Waals surface area contributed by atoms with Crippen LogP contribution in [0.25, 0.3) is 0 Å². The van der Waals surface area contributed by atoms with E-state index >= 15 is 0 Å². The van der Waals surface area contributed by atoms with Crippen LogP contribution in [0.5, 0.6) is 0 Å². The quantitative estimate of drug-likeness (QED) is 0.517. The van der Waals surface area contributed by atoms with E-state index in [9.17, 15) is 22.0 Å². The lowest BCUT2D eigenvalue weighted by Crippen LogP contribution is -2.46. The van der Waals surface area contributed by atoms with E-state index < -0.39 is 21.8 Å². The number of hydrogen-bond acceptors (Lipinski definition) is 6. The molecule has 1 amide bonds. The van der Waals surface area contributed by atoms with E-state index in [0.29, 0.717) is 5.82 Å². The molecule has 2 aromatic carbocycles. The van der Waals surface area contributed by atoms with E-state index in [4.69, 9.17) is 21.9 Å². The molecule has 180 valence electrons. The molecule has 1 aliphatic heterocycles. The number of nitrogens with zero attached hydrogens (tertiary/aromatic N) is 3. The van der Waals surface area contributed by atoms with Gasteiger partial charge in [0.05, 0.1) is 16.8 Å². The molecule has 0 aliphatic carbocycles. The zero-order valence-electron chi connectivity index (χ0n) is 17.7. The number of hydrogen-bond donors (Lipinski definition) is 2. The molecule has 1 fully saturated rings. The van der Waals surface area contributed by atoms with Crippen molar-refractivity contribution < 1.29 is 26.5 Å². The van der Waals surface area contributed by atoms with Gasteiger partial charge in [0.25, 0.3) is 10.1 Å². The predicted octanol–water partition coefficient (Wildman–Crippen LogP) is 3.37. The summed E-state index contributed by atoms with van der Waals surface area (Å²) in [5.41, 5.74) is 6.02. The Hall–Kier alpha value is -3.28. The van der Waals surface area contributed by atoms with Crippen molar-refractivity contribution in [1.29, 1.82) is 0 Å². The van der Waals surface area contributed by atoms with Gasteiger partial charge >= 0.3 is 0 Å². The van der Waals surface area contributed by atoms with Crippen molar-refractivity contribution in [2.45, 2.75) is 4.90 Å². The first-order chi connectivity index (χ1) is 16.0. The Morgan fingerprint density at radius 1 is 0.941 bits per heavy atom. The van der Waals surface area contributed by atoms with Crippen LogP contribution in [0.15, 0.2) is 65.7 Å². The van der Waals surface area contributed by atoms with Gasteiger partial charge in [0.2, 0.25) is 5.91 Å². The minimum absolute atomic E-state index is 0.0394. The maximum Gasteiger partial charge on any atom is 0.296 e. The topological polar surface area (TPSA) is 117 Å². The summed E-state index contributed by atoms with van der Waals surface area (Å²) in [7, 11) is -4.22. The molecule has 12 heteroatoms. The number of primary amides is 1. The van der Waals surface area contributed by atoms with Gasteiger partial charge in [-0.15, -0.1) is 0 Å². The second kappa shape index (κ2) is 10.8. The summed E-state index contributed by atoms with van der Waals surface area (Å²) in [6, 6.07) is 12.7. The molecule has 2 heterocycles. The molecule has 0 spiro atoms. The number of benzene rings is 2. The number of nitrogens with two attached hydrogens (primary N) is 1. The van der Waals surface area contributed by atoms with Gasteiger partial charge in [-0.2, -0.15) is 8.42 Å². The normalized spacial score (nSPS) is 13.8. The molecule has 0 saturated carbocycles. The van der Waals surface area contributed by atoms with Crippen molar-refractivity contribution >= 4 is 39.1 Å². The molecule has 0 atom stereocenters. The lowest BCUT2D eigenvalue weighted by atomic mass is 10.2. The fourth-order valence-electron chi connectivity index (χ4n) is 3.25. The lowest BCUT2D eigenvalue weighted by molar-refractivity contribution is 0.100. The Bertz CT molecular complexity index is 1250. The average Bonchev–Trinajstić information content (AvgIpc) is 2.79. The monoisotopic (exact) mass is 510 g/mol. The summed E-state index contributed by atoms with van der Waals surface area (Å²) in [5, 5.41) is 0.0394. The molecule has 3 N–H and O–H groups in total. The molecule has 1 saturated heterocycles. The summed E-state index contributed by atoms with van der Waals surface area (Å²) in [6.45, 7) is 2.95. The highest BCUT2D eigenvalue weighted by Crippen LogP contribution is 2.20. The Balaban J connectivity index is 0.000000248. The van der Waals surface area contributed by atoms with Crippen LogP contribution in [0.2, 0.25) is 5.02 Å². The Morgan fingerprint density at radius 3 is 2.03 bits per heavy atom. The van der Waals surface area contributed by atoms with Gasteiger partial charge in [-0.1, -0.05) is 11.6 Å². The number of pyridine rings is 1. The third-order valence-corrected chi connectivity index (χ3v) is 6.16. The van der Waals surface area contributed by atoms with Crippen LogP contribution in [0, 0.1) is 11.6 Å². The third kappa shape index (κ3) is 6.62. The second-order valence-corrected chi connectivity index (χ2v) is 9.09. The van der Waals surface area contributed by atoms with Crippen LogP contribution in [-0.2, 0) is 10.1 Å². The van der Waals surface area contributed by atoms with Crippen LogP contribution < -0.4 is 15.5 Å². The van der Waals surface area contributed by atoms with Crippen LogP contribution in [0.4, 0.5) is 20.3 Å². The molecule has 1 aromatic heterocycles. The summed E-state index contributed by atoms with van der Waals surface area (Å²) < 4.78 is 56.3. The standard InChI is InChI=1S/C15H16FN3O3S.C7H5ClFNO/c16-12-1-3-13(4-2-12)18-7-9-19(10-8-18)15-6-5-14(11-17-15)23(20,21)22;8-6-3-4(9)1-2-5(6)7(10)11/h1-6,11H,7-10H2,(H,20,21,22);1-3H,(H2,10,11). The van der Waals surface area contributed by atoms with Gasteiger partial charge in [-0.25, -0.2) is 13.8 Å². The molecule has 8 nitrogen and oxygen atoms in total. The fraction of sp³-hybridized carbons (Fsp3) is 0.182. The number of rotatable bonds is 4. The lowest BCUT2D eigenvalue weighted by Gasteiger charge is -2.36. The van der Waals surface area contributed by atoms with E-state index in [1.54, 1.807) is 18.2 Å². The SMILES string of the molecule is NC(=O)c1ccc(F)cc1Cl.O=S(=O)(O)c1ccc(N2CCN(c3ccc(F)cc3)CC2)nc1. The molecule has 1 aliphatic rings. The number of amides is 1. The van der Waals surface area contributed by atoms with Crippen molar-refractivity contribution in [3.8, 4) is 0 Å². The highest BCUT2D eigenvalue weighted by atomic mass is 35.5. The van der Waals surface area contributed by atoms with E-state index in [2.05, 4.69) is 9.88 Å². The van der Waals surface area contributed by atoms with Crippen molar-refractivity contribution in [3.63, 3.8) is 0 Å². The maximum absolute atomic E-state index is 13.0. The van der Waals surface area contributed by atoms with Gasteiger partial charge in [0, 0.05) is 31.9 Å². The van der Waals surface area contributed by atoms with E-state index in [1.165, 1.54) is 24.3 Å². The zero-order valence-corrected chi connectivity index (χ0v) is 19.3. The molecule has 3 aromatic rings. The zero-order chi connectivity index (χ0) is 24.9. The highest BCUT2D eigenvalue weighted by Gasteiger charge is 2.19. The van der Waals surface area contributed by atoms with E-state index in [1.807, 2.05) is 4.90 Å². The fourth-order valence-corrected chi connectivity index (χ4v) is 3.93. The summed E-state index contributed by atoms with van der Waals surface area (Å²) in [6.07, 6.45) is 1.15. The first-order valence-electron chi connectivity index (χ1n) is 9.98. The smallest absolute Gasteiger partial charge is 0.296 e. The van der Waals surface area contributed by atoms with Gasteiger partial charge in [0.15, 0.2) is 0 Å². The van der Waals surface area contributed by atoms with Crippen molar-refractivity contribution in [2.24, 2.45) is 5.73 Å². The summed E-state index contributed by atoms with van der Waals surface area (Å²) in [4.78, 5) is 18.6. The van der Waals surface area contributed by atoms with Crippen LogP contribution in [-0.4, -0.2) is 50.0 Å². The van der Waals surface area contributed by atoms with Crippen LogP contribution in [0.1, 0.15) is 10.4 Å². The molecular weight excluding hydrogens is 490 g/mol. The summed E-state index contributed by atoms with van der Waals surface area (Å²) >= 11 is 5.48. The maximum atomic E-state index is 13.0. The predicted molar refractivity (Wildman–Crippen MR) is 125 cm³/mol. The van der Waals surface area contributed by atoms with Crippen LogP contribution in [0.3, 0.4) is 0 Å². The number of carbonyl (C=O) groups is 1. The van der Waals surface area contributed by atoms with Crippen LogP contribution >= 0.6 is 11.6 Å². The molecular formula is C22H21ClF2N4O4S. The molecule has 0 bridgehead atoms. The number of aromatic nitrogens is 1. The van der Waals surface area contributed by atoms with Crippen molar-refractivity contribution in [1.82, 2.24) is 4.98 Å². The Labute approximate surface area is 200 Å². The van der Waals surface area contributed by atoms with E-state index in [0.717, 1.165) is 50.2 Å². The summed E-state index contributed by atoms with van der Waals surface area (Å²) in [5.74, 6) is -0.735. The number of anilines is 2. The third-order valence-electron chi connectivity index (χ3n) is 5.01. The van der Waals surface area contributed by atoms with Gasteiger partial charge in [-0.05, 0) is 54.6 Å². The highest BCUT2D eigenvalue weighted by molar-refractivity contribution is 7.85. The molecule has 0 unspecified atom stereocenters. The molecule has 4 rings (SSSR count). The van der Waals surface area contributed by atoms with Crippen molar-refractivity contribution in [2.75, 3.05) is 36.0 Å². The molecule has 0 radical (unpaired) electrons. The minimum atomic E-state index is -4.22. The first-order valence-corrected chi connectivity index (χ1v) is 11.8. The van der Waals surface area contributed by atoms with E-state index in [-0.39, 0.29) is 21.3 Å². The van der Waals surface area contributed by atoms with Gasteiger partial charge in [0.1, 0.15) is 22.3 Å². The number of halogens is 3. The van der Waals surface area contributed by atoms with Gasteiger partial charge in [-0.3, -0.25) is 9.35 Å².